The molecular formula is C7H10N2S3. The SMILES string of the molecule is SCCNSSc1ccccn1. The predicted molar refractivity (Wildman–Crippen MR) is 59.5 cm³/mol. The first kappa shape index (κ1) is 10.2. The van der Waals surface area contributed by atoms with Crippen LogP contribution in [0.5, 0.6) is 0 Å². The molecule has 0 spiro atoms. The van der Waals surface area contributed by atoms with E-state index in [4.69, 9.17) is 0 Å². The van der Waals surface area contributed by atoms with Gasteiger partial charge in [0.25, 0.3) is 0 Å². The van der Waals surface area contributed by atoms with Gasteiger partial charge in [-0.25, -0.2) is 4.98 Å². The first-order valence-electron chi connectivity index (χ1n) is 3.52. The average molecular weight is 218 g/mol. The molecule has 0 bridgehead atoms. The minimum Gasteiger partial charge on any atom is -0.254 e. The van der Waals surface area contributed by atoms with E-state index in [1.165, 1.54) is 0 Å². The van der Waals surface area contributed by atoms with Gasteiger partial charge in [0.1, 0.15) is 5.03 Å². The second-order valence-corrected chi connectivity index (χ2v) is 4.44. The van der Waals surface area contributed by atoms with E-state index in [-0.39, 0.29) is 0 Å². The molecular weight excluding hydrogens is 208 g/mol. The Bertz CT molecular complexity index is 205. The van der Waals surface area contributed by atoms with Crippen molar-refractivity contribution in [2.24, 2.45) is 0 Å². The second-order valence-electron chi connectivity index (χ2n) is 1.95. The lowest BCUT2D eigenvalue weighted by Crippen LogP contribution is -2.04. The maximum Gasteiger partial charge on any atom is 0.108 e. The van der Waals surface area contributed by atoms with Crippen LogP contribution >= 0.6 is 34.4 Å². The van der Waals surface area contributed by atoms with E-state index in [0.717, 1.165) is 17.3 Å². The summed E-state index contributed by atoms with van der Waals surface area (Å²) in [5, 5.41) is 1.02. The van der Waals surface area contributed by atoms with Crippen molar-refractivity contribution in [3.63, 3.8) is 0 Å². The van der Waals surface area contributed by atoms with Crippen molar-refractivity contribution in [3.05, 3.63) is 24.4 Å². The fraction of sp³-hybridized carbons (Fsp3) is 0.286. The van der Waals surface area contributed by atoms with Crippen LogP contribution in [-0.4, -0.2) is 17.3 Å². The molecule has 0 saturated heterocycles. The van der Waals surface area contributed by atoms with Gasteiger partial charge in [0.15, 0.2) is 0 Å². The minimum absolute atomic E-state index is 0.857. The average Bonchev–Trinajstić information content (AvgIpc) is 2.14. The first-order chi connectivity index (χ1) is 5.93. The number of pyridine rings is 1. The summed E-state index contributed by atoms with van der Waals surface area (Å²) in [6, 6.07) is 5.88. The monoisotopic (exact) mass is 218 g/mol. The molecule has 0 aliphatic heterocycles. The van der Waals surface area contributed by atoms with Crippen LogP contribution < -0.4 is 4.72 Å². The summed E-state index contributed by atoms with van der Waals surface area (Å²) in [6.45, 7) is 0.910. The van der Waals surface area contributed by atoms with Gasteiger partial charge in [-0.1, -0.05) is 6.07 Å². The molecule has 1 aromatic rings. The topological polar surface area (TPSA) is 24.9 Å². The zero-order chi connectivity index (χ0) is 8.65. The van der Waals surface area contributed by atoms with Gasteiger partial charge in [-0.3, -0.25) is 4.72 Å². The van der Waals surface area contributed by atoms with E-state index in [1.807, 2.05) is 18.2 Å². The summed E-state index contributed by atoms with van der Waals surface area (Å²) >= 11 is 4.08. The molecule has 0 radical (unpaired) electrons. The molecule has 0 saturated carbocycles. The van der Waals surface area contributed by atoms with Crippen LogP contribution in [0.1, 0.15) is 0 Å². The number of rotatable bonds is 5. The molecule has 0 aliphatic carbocycles. The van der Waals surface area contributed by atoms with Crippen LogP contribution in [0.3, 0.4) is 0 Å². The van der Waals surface area contributed by atoms with Gasteiger partial charge < -0.3 is 0 Å². The lowest BCUT2D eigenvalue weighted by atomic mass is 10.5. The van der Waals surface area contributed by atoms with E-state index < -0.39 is 0 Å². The fourth-order valence-electron chi connectivity index (χ4n) is 0.556. The van der Waals surface area contributed by atoms with E-state index in [9.17, 15) is 0 Å². The third-order valence-corrected chi connectivity index (χ3v) is 3.19. The van der Waals surface area contributed by atoms with E-state index in [2.05, 4.69) is 22.3 Å². The lowest BCUT2D eigenvalue weighted by Gasteiger charge is -1.99. The van der Waals surface area contributed by atoms with Crippen molar-refractivity contribution >= 4 is 34.4 Å². The van der Waals surface area contributed by atoms with Gasteiger partial charge in [-0.2, -0.15) is 12.6 Å². The van der Waals surface area contributed by atoms with Gasteiger partial charge in [0, 0.05) is 18.5 Å². The fourth-order valence-corrected chi connectivity index (χ4v) is 2.37. The van der Waals surface area contributed by atoms with Crippen molar-refractivity contribution < 1.29 is 0 Å². The molecule has 0 amide bonds. The van der Waals surface area contributed by atoms with Crippen LogP contribution in [-0.2, 0) is 0 Å². The highest BCUT2D eigenvalue weighted by molar-refractivity contribution is 8.76. The van der Waals surface area contributed by atoms with Gasteiger partial charge >= 0.3 is 0 Å². The molecule has 1 N–H and O–H groups in total. The van der Waals surface area contributed by atoms with Crippen molar-refractivity contribution in [1.82, 2.24) is 9.71 Å². The Morgan fingerprint density at radius 2 is 2.42 bits per heavy atom. The maximum atomic E-state index is 4.16. The van der Waals surface area contributed by atoms with Crippen molar-refractivity contribution in [2.75, 3.05) is 12.3 Å². The van der Waals surface area contributed by atoms with Crippen LogP contribution in [0.2, 0.25) is 0 Å². The van der Waals surface area contributed by atoms with Gasteiger partial charge in [-0.05, 0) is 33.9 Å². The molecule has 12 heavy (non-hydrogen) atoms. The summed E-state index contributed by atoms with van der Waals surface area (Å²) in [4.78, 5) is 4.16. The van der Waals surface area contributed by atoms with Crippen LogP contribution in [0.25, 0.3) is 0 Å². The first-order valence-corrected chi connectivity index (χ1v) is 6.30. The van der Waals surface area contributed by atoms with Crippen LogP contribution in [0.4, 0.5) is 0 Å². The molecule has 1 heterocycles. The van der Waals surface area contributed by atoms with Gasteiger partial charge in [0.05, 0.1) is 0 Å². The molecule has 66 valence electrons. The third kappa shape index (κ3) is 4.25. The molecule has 1 aromatic heterocycles. The Morgan fingerprint density at radius 3 is 3.08 bits per heavy atom. The number of hydrogen-bond acceptors (Lipinski definition) is 5. The molecule has 0 aliphatic rings. The Labute approximate surface area is 85.9 Å². The number of aromatic nitrogens is 1. The normalized spacial score (nSPS) is 10.1. The van der Waals surface area contributed by atoms with E-state index in [0.29, 0.717) is 0 Å². The summed E-state index contributed by atoms with van der Waals surface area (Å²) in [5.41, 5.74) is 0. The zero-order valence-electron chi connectivity index (χ0n) is 6.43. The van der Waals surface area contributed by atoms with E-state index in [1.54, 1.807) is 28.0 Å². The second kappa shape index (κ2) is 6.65. The van der Waals surface area contributed by atoms with Gasteiger partial charge in [0.2, 0.25) is 0 Å². The summed E-state index contributed by atoms with van der Waals surface area (Å²) in [7, 11) is 3.21. The maximum absolute atomic E-state index is 4.16. The molecule has 0 unspecified atom stereocenters. The quantitative estimate of drug-likeness (QED) is 0.343. The Morgan fingerprint density at radius 1 is 1.50 bits per heavy atom. The third-order valence-electron chi connectivity index (χ3n) is 1.04. The number of nitrogens with zero attached hydrogens (tertiary/aromatic N) is 1. The zero-order valence-corrected chi connectivity index (χ0v) is 8.96. The minimum atomic E-state index is 0.857. The van der Waals surface area contributed by atoms with Crippen LogP contribution in [0, 0.1) is 0 Å². The Balaban J connectivity index is 2.16. The van der Waals surface area contributed by atoms with Crippen molar-refractivity contribution in [2.45, 2.75) is 5.03 Å². The molecule has 0 atom stereocenters. The highest BCUT2D eigenvalue weighted by Gasteiger charge is 1.92. The standard InChI is InChI=1S/C7H10N2S3/c10-6-5-9-12-11-7-3-1-2-4-8-7/h1-4,9-10H,5-6H2. The molecule has 0 aromatic carbocycles. The number of nitrogens with one attached hydrogen (secondary N) is 1. The number of thiol groups is 1. The molecule has 5 heteroatoms. The van der Waals surface area contributed by atoms with E-state index >= 15 is 0 Å². The predicted octanol–water partition coefficient (Wildman–Crippen LogP) is 2.26. The summed E-state index contributed by atoms with van der Waals surface area (Å²) < 4.78 is 3.15. The largest absolute Gasteiger partial charge is 0.254 e. The van der Waals surface area contributed by atoms with Gasteiger partial charge in [-0.15, -0.1) is 0 Å². The summed E-state index contributed by atoms with van der Waals surface area (Å²) in [6.07, 6.45) is 1.79. The van der Waals surface area contributed by atoms with Crippen LogP contribution in [0.15, 0.2) is 29.4 Å². The molecule has 1 rings (SSSR count). The van der Waals surface area contributed by atoms with Crippen molar-refractivity contribution in [3.8, 4) is 0 Å². The number of hydrogen-bond donors (Lipinski definition) is 2. The Kier molecular flexibility index (Phi) is 5.68. The highest BCUT2D eigenvalue weighted by Crippen LogP contribution is 2.25. The lowest BCUT2D eigenvalue weighted by molar-refractivity contribution is 1.06. The Hall–Kier alpha value is 0.160. The summed E-state index contributed by atoms with van der Waals surface area (Å²) in [5.74, 6) is 0.857. The van der Waals surface area contributed by atoms with Crippen molar-refractivity contribution in [1.29, 1.82) is 0 Å². The molecule has 0 fully saturated rings. The highest BCUT2D eigenvalue weighted by atomic mass is 33.1. The smallest absolute Gasteiger partial charge is 0.108 e. The molecule has 2 nitrogen and oxygen atoms in total.